The topological polar surface area (TPSA) is 32.8 Å². The van der Waals surface area contributed by atoms with Gasteiger partial charge in [0.25, 0.3) is 0 Å². The maximum Gasteiger partial charge on any atom is 0.223 e. The third kappa shape index (κ3) is 5.05. The Morgan fingerprint density at radius 1 is 1.20 bits per heavy atom. The molecular formula is C21H32N2O2. The van der Waals surface area contributed by atoms with Crippen molar-refractivity contribution in [2.45, 2.75) is 58.2 Å². The number of hydrogen-bond donors (Lipinski definition) is 0. The number of nitrogens with zero attached hydrogens (tertiary/aromatic N) is 2. The lowest BCUT2D eigenvalue weighted by Crippen LogP contribution is -2.44. The fourth-order valence-electron chi connectivity index (χ4n) is 4.18. The summed E-state index contributed by atoms with van der Waals surface area (Å²) in [6.07, 6.45) is 4.27. The van der Waals surface area contributed by atoms with Crippen LogP contribution in [0, 0.1) is 5.92 Å². The second kappa shape index (κ2) is 8.81. The van der Waals surface area contributed by atoms with Crippen LogP contribution in [0.15, 0.2) is 30.3 Å². The van der Waals surface area contributed by atoms with Gasteiger partial charge in [0.2, 0.25) is 5.91 Å². The van der Waals surface area contributed by atoms with Gasteiger partial charge in [-0.25, -0.2) is 0 Å². The zero-order chi connectivity index (χ0) is 17.6. The molecule has 0 bridgehead atoms. The molecule has 1 heterocycles. The SMILES string of the molecule is CCOC1CC(CC(=O)N2CCCN(Cc3ccccc3)CC2C)C1. The Morgan fingerprint density at radius 3 is 2.68 bits per heavy atom. The molecule has 4 nitrogen and oxygen atoms in total. The number of ether oxygens (including phenoxy) is 1. The van der Waals surface area contributed by atoms with Crippen molar-refractivity contribution >= 4 is 5.91 Å². The van der Waals surface area contributed by atoms with Crippen molar-refractivity contribution in [2.24, 2.45) is 5.92 Å². The van der Waals surface area contributed by atoms with Crippen molar-refractivity contribution in [1.82, 2.24) is 9.80 Å². The highest BCUT2D eigenvalue weighted by molar-refractivity contribution is 5.77. The number of rotatable bonds is 6. The Morgan fingerprint density at radius 2 is 1.96 bits per heavy atom. The monoisotopic (exact) mass is 344 g/mol. The van der Waals surface area contributed by atoms with Gasteiger partial charge in [-0.05, 0) is 44.6 Å². The van der Waals surface area contributed by atoms with E-state index >= 15 is 0 Å². The van der Waals surface area contributed by atoms with Crippen molar-refractivity contribution in [3.8, 4) is 0 Å². The van der Waals surface area contributed by atoms with Crippen LogP contribution in [0.5, 0.6) is 0 Å². The molecule has 4 heteroatoms. The lowest BCUT2D eigenvalue weighted by Gasteiger charge is -2.37. The van der Waals surface area contributed by atoms with Crippen LogP contribution < -0.4 is 0 Å². The molecule has 1 atom stereocenters. The second-order valence-electron chi connectivity index (χ2n) is 7.63. The molecule has 1 aromatic rings. The Balaban J connectivity index is 1.48. The van der Waals surface area contributed by atoms with E-state index in [0.29, 0.717) is 30.4 Å². The molecule has 0 spiro atoms. The zero-order valence-corrected chi connectivity index (χ0v) is 15.7. The maximum absolute atomic E-state index is 12.8. The number of benzene rings is 1. The minimum Gasteiger partial charge on any atom is -0.378 e. The second-order valence-corrected chi connectivity index (χ2v) is 7.63. The average Bonchev–Trinajstić information content (AvgIpc) is 2.75. The maximum atomic E-state index is 12.8. The fraction of sp³-hybridized carbons (Fsp3) is 0.667. The smallest absolute Gasteiger partial charge is 0.223 e. The van der Waals surface area contributed by atoms with Gasteiger partial charge in [0, 0.05) is 45.2 Å². The van der Waals surface area contributed by atoms with Gasteiger partial charge in [0.15, 0.2) is 0 Å². The fourth-order valence-corrected chi connectivity index (χ4v) is 4.18. The molecular weight excluding hydrogens is 312 g/mol. The normalized spacial score (nSPS) is 27.6. The first kappa shape index (κ1) is 18.4. The molecule has 138 valence electrons. The minimum absolute atomic E-state index is 0.293. The molecule has 1 saturated carbocycles. The zero-order valence-electron chi connectivity index (χ0n) is 15.7. The van der Waals surface area contributed by atoms with E-state index in [1.165, 1.54) is 5.56 Å². The van der Waals surface area contributed by atoms with Gasteiger partial charge >= 0.3 is 0 Å². The van der Waals surface area contributed by atoms with Crippen LogP contribution >= 0.6 is 0 Å². The van der Waals surface area contributed by atoms with Gasteiger partial charge in [-0.2, -0.15) is 0 Å². The summed E-state index contributed by atoms with van der Waals surface area (Å²) in [5.41, 5.74) is 1.35. The summed E-state index contributed by atoms with van der Waals surface area (Å²) in [6, 6.07) is 10.9. The van der Waals surface area contributed by atoms with Gasteiger partial charge < -0.3 is 9.64 Å². The van der Waals surface area contributed by atoms with Crippen molar-refractivity contribution in [1.29, 1.82) is 0 Å². The highest BCUT2D eigenvalue weighted by Gasteiger charge is 2.34. The molecule has 2 aliphatic rings. The van der Waals surface area contributed by atoms with Crippen molar-refractivity contribution in [3.05, 3.63) is 35.9 Å². The molecule has 2 fully saturated rings. The van der Waals surface area contributed by atoms with E-state index in [1.807, 2.05) is 6.92 Å². The van der Waals surface area contributed by atoms with Crippen LogP contribution in [0.4, 0.5) is 0 Å². The van der Waals surface area contributed by atoms with E-state index in [-0.39, 0.29) is 0 Å². The molecule has 1 aliphatic carbocycles. The summed E-state index contributed by atoms with van der Waals surface area (Å²) < 4.78 is 5.62. The Hall–Kier alpha value is -1.39. The number of carbonyl (C=O) groups excluding carboxylic acids is 1. The molecule has 1 aromatic carbocycles. The lowest BCUT2D eigenvalue weighted by atomic mass is 9.79. The van der Waals surface area contributed by atoms with Gasteiger partial charge in [-0.1, -0.05) is 30.3 Å². The molecule has 0 N–H and O–H groups in total. The Bertz CT molecular complexity index is 542. The average molecular weight is 344 g/mol. The highest BCUT2D eigenvalue weighted by atomic mass is 16.5. The van der Waals surface area contributed by atoms with Gasteiger partial charge in [0.05, 0.1) is 6.10 Å². The quantitative estimate of drug-likeness (QED) is 0.794. The molecule has 25 heavy (non-hydrogen) atoms. The van der Waals surface area contributed by atoms with Gasteiger partial charge in [-0.15, -0.1) is 0 Å². The van der Waals surface area contributed by atoms with Crippen LogP contribution in [0.25, 0.3) is 0 Å². The summed E-state index contributed by atoms with van der Waals surface area (Å²) in [6.45, 7) is 8.93. The summed E-state index contributed by atoms with van der Waals surface area (Å²) in [4.78, 5) is 17.4. The van der Waals surface area contributed by atoms with Crippen LogP contribution in [-0.4, -0.2) is 54.1 Å². The van der Waals surface area contributed by atoms with Crippen LogP contribution in [-0.2, 0) is 16.1 Å². The van der Waals surface area contributed by atoms with Gasteiger partial charge in [0.1, 0.15) is 0 Å². The van der Waals surface area contributed by atoms with Crippen molar-refractivity contribution in [2.75, 3.05) is 26.2 Å². The molecule has 1 aliphatic heterocycles. The third-order valence-corrected chi connectivity index (χ3v) is 5.56. The molecule has 3 rings (SSSR count). The summed E-state index contributed by atoms with van der Waals surface area (Å²) >= 11 is 0. The van der Waals surface area contributed by atoms with Crippen molar-refractivity contribution < 1.29 is 9.53 Å². The van der Waals surface area contributed by atoms with Gasteiger partial charge in [-0.3, -0.25) is 9.69 Å². The first-order chi connectivity index (χ1) is 12.2. The summed E-state index contributed by atoms with van der Waals surface area (Å²) in [7, 11) is 0. The van der Waals surface area contributed by atoms with E-state index in [0.717, 1.165) is 52.0 Å². The van der Waals surface area contributed by atoms with E-state index in [4.69, 9.17) is 4.74 Å². The van der Waals surface area contributed by atoms with E-state index in [2.05, 4.69) is 47.1 Å². The minimum atomic E-state index is 0.293. The molecule has 1 saturated heterocycles. The predicted octanol–water partition coefficient (Wildman–Crippen LogP) is 3.31. The third-order valence-electron chi connectivity index (χ3n) is 5.56. The van der Waals surface area contributed by atoms with Crippen LogP contribution in [0.1, 0.15) is 45.1 Å². The Kier molecular flexibility index (Phi) is 6.49. The van der Waals surface area contributed by atoms with Crippen LogP contribution in [0.2, 0.25) is 0 Å². The molecule has 1 unspecified atom stereocenters. The summed E-state index contributed by atoms with van der Waals surface area (Å²) in [5.74, 6) is 0.869. The summed E-state index contributed by atoms with van der Waals surface area (Å²) in [5, 5.41) is 0. The first-order valence-corrected chi connectivity index (χ1v) is 9.83. The Labute approximate surface area is 152 Å². The molecule has 1 amide bonds. The predicted molar refractivity (Wildman–Crippen MR) is 100 cm³/mol. The van der Waals surface area contributed by atoms with Crippen molar-refractivity contribution in [3.63, 3.8) is 0 Å². The van der Waals surface area contributed by atoms with E-state index in [9.17, 15) is 4.79 Å². The lowest BCUT2D eigenvalue weighted by molar-refractivity contribution is -0.136. The first-order valence-electron chi connectivity index (χ1n) is 9.83. The molecule has 0 radical (unpaired) electrons. The molecule has 0 aromatic heterocycles. The van der Waals surface area contributed by atoms with E-state index < -0.39 is 0 Å². The highest BCUT2D eigenvalue weighted by Crippen LogP contribution is 2.33. The van der Waals surface area contributed by atoms with E-state index in [1.54, 1.807) is 0 Å². The standard InChI is InChI=1S/C21H32N2O2/c1-3-25-20-12-19(13-20)14-21(24)23-11-7-10-22(15-17(23)2)16-18-8-5-4-6-9-18/h4-6,8-9,17,19-20H,3,7,10-16H2,1-2H3. The number of amides is 1. The number of carbonyl (C=O) groups is 1. The van der Waals surface area contributed by atoms with Crippen LogP contribution in [0.3, 0.4) is 0 Å². The largest absolute Gasteiger partial charge is 0.378 e. The number of hydrogen-bond acceptors (Lipinski definition) is 3.